The molecule has 1 aromatic carbocycles. The van der Waals surface area contributed by atoms with Crippen LogP contribution in [0, 0.1) is 0 Å². The number of nitrogens with zero attached hydrogens (tertiary/aromatic N) is 5. The maximum absolute atomic E-state index is 12.9. The molecule has 0 aliphatic heterocycles. The highest BCUT2D eigenvalue weighted by Gasteiger charge is 2.19. The van der Waals surface area contributed by atoms with Crippen LogP contribution >= 0.6 is 0 Å². The van der Waals surface area contributed by atoms with Crippen LogP contribution in [0.25, 0.3) is 10.9 Å². The van der Waals surface area contributed by atoms with Crippen LogP contribution in [0.2, 0.25) is 0 Å². The van der Waals surface area contributed by atoms with Crippen molar-refractivity contribution in [3.63, 3.8) is 0 Å². The van der Waals surface area contributed by atoms with E-state index >= 15 is 0 Å². The average Bonchev–Trinajstić information content (AvgIpc) is 3.31. The van der Waals surface area contributed by atoms with E-state index in [1.54, 1.807) is 55.6 Å². The molecule has 3 heterocycles. The normalized spacial score (nSPS) is 11.0. The highest BCUT2D eigenvalue weighted by molar-refractivity contribution is 6.04. The van der Waals surface area contributed by atoms with E-state index in [0.717, 1.165) is 11.9 Å². The molecule has 0 spiro atoms. The molecule has 0 saturated heterocycles. The van der Waals surface area contributed by atoms with E-state index in [1.807, 2.05) is 32.0 Å². The Bertz CT molecular complexity index is 1370. The monoisotopic (exact) mass is 506 g/mol. The first-order valence-electron chi connectivity index (χ1n) is 11.7. The van der Waals surface area contributed by atoms with Crippen molar-refractivity contribution >= 4 is 22.6 Å². The van der Waals surface area contributed by atoms with Crippen molar-refractivity contribution in [3.8, 4) is 28.7 Å². The van der Waals surface area contributed by atoms with Crippen molar-refractivity contribution < 1.29 is 23.7 Å². The van der Waals surface area contributed by atoms with Crippen LogP contribution in [-0.2, 0) is 6.54 Å². The van der Waals surface area contributed by atoms with Gasteiger partial charge in [-0.3, -0.25) is 14.5 Å². The highest BCUT2D eigenvalue weighted by Crippen LogP contribution is 2.36. The Labute approximate surface area is 214 Å². The van der Waals surface area contributed by atoms with E-state index in [2.05, 4.69) is 20.4 Å². The number of methoxy groups -OCH3 is 2. The maximum atomic E-state index is 12.9. The number of benzene rings is 1. The third-order valence-electron chi connectivity index (χ3n) is 5.43. The zero-order valence-corrected chi connectivity index (χ0v) is 21.5. The number of likely N-dealkylation sites (N-methyl/N-ethyl adjacent to an activating group) is 1. The Balaban J connectivity index is 1.49. The molecule has 0 aliphatic carbocycles. The summed E-state index contributed by atoms with van der Waals surface area (Å²) in [5.41, 5.74) is 0.900. The second-order valence-corrected chi connectivity index (χ2v) is 8.31. The van der Waals surface area contributed by atoms with Crippen LogP contribution in [0.5, 0.6) is 28.7 Å². The molecule has 11 nitrogen and oxygen atoms in total. The summed E-state index contributed by atoms with van der Waals surface area (Å²) in [5, 5.41) is 7.93. The van der Waals surface area contributed by atoms with Gasteiger partial charge >= 0.3 is 0 Å². The lowest BCUT2D eigenvalue weighted by Gasteiger charge is -2.12. The van der Waals surface area contributed by atoms with Gasteiger partial charge in [-0.1, -0.05) is 0 Å². The van der Waals surface area contributed by atoms with Gasteiger partial charge in [-0.15, -0.1) is 0 Å². The number of fused-ring (bicyclic) bond motifs is 1. The summed E-state index contributed by atoms with van der Waals surface area (Å²) in [4.78, 5) is 23.7. The van der Waals surface area contributed by atoms with Crippen molar-refractivity contribution in [1.82, 2.24) is 24.6 Å². The fraction of sp³-hybridized carbons (Fsp3) is 0.308. The molecule has 0 bridgehead atoms. The quantitative estimate of drug-likeness (QED) is 0.324. The van der Waals surface area contributed by atoms with Gasteiger partial charge in [0.1, 0.15) is 17.3 Å². The highest BCUT2D eigenvalue weighted by atomic mass is 16.5. The van der Waals surface area contributed by atoms with E-state index in [0.29, 0.717) is 53.2 Å². The number of amides is 1. The average molecular weight is 507 g/mol. The van der Waals surface area contributed by atoms with Crippen LogP contribution in [-0.4, -0.2) is 72.0 Å². The summed E-state index contributed by atoms with van der Waals surface area (Å²) in [7, 11) is 7.10. The smallest absolute Gasteiger partial charge is 0.281 e. The first-order valence-corrected chi connectivity index (χ1v) is 11.7. The van der Waals surface area contributed by atoms with Crippen molar-refractivity contribution in [2.24, 2.45) is 0 Å². The second-order valence-electron chi connectivity index (χ2n) is 8.31. The fourth-order valence-corrected chi connectivity index (χ4v) is 3.59. The molecule has 0 radical (unpaired) electrons. The number of anilines is 1. The second kappa shape index (κ2) is 11.6. The van der Waals surface area contributed by atoms with Crippen molar-refractivity contribution in [3.05, 3.63) is 54.6 Å². The van der Waals surface area contributed by atoms with Crippen LogP contribution in [0.4, 0.5) is 5.82 Å². The van der Waals surface area contributed by atoms with Gasteiger partial charge in [0.15, 0.2) is 22.9 Å². The van der Waals surface area contributed by atoms with Gasteiger partial charge in [0.2, 0.25) is 0 Å². The van der Waals surface area contributed by atoms with E-state index in [-0.39, 0.29) is 5.69 Å². The third-order valence-corrected chi connectivity index (χ3v) is 5.43. The van der Waals surface area contributed by atoms with Gasteiger partial charge in [0.05, 0.1) is 45.3 Å². The predicted octanol–water partition coefficient (Wildman–Crippen LogP) is 3.85. The maximum Gasteiger partial charge on any atom is 0.281 e. The molecular weight excluding hydrogens is 476 g/mol. The Hall–Kier alpha value is -4.38. The predicted molar refractivity (Wildman–Crippen MR) is 139 cm³/mol. The molecule has 1 amide bonds. The molecule has 4 rings (SSSR count). The number of nitrogens with one attached hydrogen (secondary N) is 1. The number of ether oxygens (including phenoxy) is 4. The number of hydrogen-bond acceptors (Lipinski definition) is 9. The first kappa shape index (κ1) is 25.7. The van der Waals surface area contributed by atoms with Gasteiger partial charge in [0.25, 0.3) is 5.91 Å². The first-order chi connectivity index (χ1) is 17.9. The summed E-state index contributed by atoms with van der Waals surface area (Å²) >= 11 is 0. The lowest BCUT2D eigenvalue weighted by atomic mass is 10.2. The van der Waals surface area contributed by atoms with E-state index in [9.17, 15) is 4.79 Å². The Morgan fingerprint density at radius 2 is 1.81 bits per heavy atom. The van der Waals surface area contributed by atoms with Crippen molar-refractivity contribution in [2.45, 2.75) is 13.5 Å². The third kappa shape index (κ3) is 6.07. The lowest BCUT2D eigenvalue weighted by molar-refractivity contribution is 0.101. The van der Waals surface area contributed by atoms with Crippen LogP contribution in [0.1, 0.15) is 17.4 Å². The minimum Gasteiger partial charge on any atom is -0.493 e. The molecule has 0 fully saturated rings. The van der Waals surface area contributed by atoms with Gasteiger partial charge in [-0.05, 0) is 45.3 Å². The van der Waals surface area contributed by atoms with Gasteiger partial charge in [0, 0.05) is 24.2 Å². The molecule has 0 unspecified atom stereocenters. The Morgan fingerprint density at radius 3 is 2.49 bits per heavy atom. The minimum atomic E-state index is -0.408. The molecule has 194 valence electrons. The number of pyridine rings is 2. The van der Waals surface area contributed by atoms with Crippen molar-refractivity contribution in [2.75, 3.05) is 46.8 Å². The lowest BCUT2D eigenvalue weighted by Crippen LogP contribution is -2.19. The molecule has 0 atom stereocenters. The van der Waals surface area contributed by atoms with E-state index in [4.69, 9.17) is 18.9 Å². The Kier molecular flexibility index (Phi) is 8.04. The standard InChI is InChI=1S/C26H30N6O5/c1-6-36-23-16-32(12-11-31(2)3)30-25(23)26(33)29-24-8-7-17(15-28-24)37-20-9-10-27-19-14-22(35-5)21(34-4)13-18(19)20/h7-10,13-16H,6,11-12H2,1-5H3,(H,28,29,33). The number of carbonyl (C=O) groups excluding carboxylic acids is 1. The summed E-state index contributed by atoms with van der Waals surface area (Å²) in [6, 6.07) is 8.73. The summed E-state index contributed by atoms with van der Waals surface area (Å²) in [6.07, 6.45) is 4.91. The van der Waals surface area contributed by atoms with Gasteiger partial charge < -0.3 is 29.2 Å². The SMILES string of the molecule is CCOc1cn(CCN(C)C)nc1C(=O)Nc1ccc(Oc2ccnc3cc(OC)c(OC)cc23)cn1. The molecule has 37 heavy (non-hydrogen) atoms. The van der Waals surface area contributed by atoms with Crippen LogP contribution in [0.3, 0.4) is 0 Å². The zero-order valence-electron chi connectivity index (χ0n) is 21.5. The number of aromatic nitrogens is 4. The number of rotatable bonds is 11. The topological polar surface area (TPSA) is 113 Å². The molecular formula is C26H30N6O5. The number of hydrogen-bond donors (Lipinski definition) is 1. The fourth-order valence-electron chi connectivity index (χ4n) is 3.59. The largest absolute Gasteiger partial charge is 0.493 e. The van der Waals surface area contributed by atoms with Gasteiger partial charge in [-0.2, -0.15) is 5.10 Å². The number of carbonyl (C=O) groups is 1. The van der Waals surface area contributed by atoms with Crippen LogP contribution < -0.4 is 24.3 Å². The summed E-state index contributed by atoms with van der Waals surface area (Å²) in [5.74, 6) is 2.59. The van der Waals surface area contributed by atoms with Gasteiger partial charge in [-0.25, -0.2) is 4.98 Å². The molecule has 3 aromatic heterocycles. The molecule has 1 N–H and O–H groups in total. The van der Waals surface area contributed by atoms with Crippen LogP contribution in [0.15, 0.2) is 48.9 Å². The van der Waals surface area contributed by atoms with E-state index in [1.165, 1.54) is 6.20 Å². The molecule has 0 saturated carbocycles. The van der Waals surface area contributed by atoms with Crippen molar-refractivity contribution in [1.29, 1.82) is 0 Å². The zero-order chi connectivity index (χ0) is 26.4. The molecule has 11 heteroatoms. The Morgan fingerprint density at radius 1 is 1.03 bits per heavy atom. The minimum absolute atomic E-state index is 0.204. The molecule has 4 aromatic rings. The van der Waals surface area contributed by atoms with E-state index < -0.39 is 5.91 Å². The summed E-state index contributed by atoms with van der Waals surface area (Å²) in [6.45, 7) is 3.70. The summed E-state index contributed by atoms with van der Waals surface area (Å²) < 4.78 is 24.1. The molecule has 0 aliphatic rings.